The lowest BCUT2D eigenvalue weighted by atomic mass is 10.1. The molecule has 31 heavy (non-hydrogen) atoms. The summed E-state index contributed by atoms with van der Waals surface area (Å²) in [6.07, 6.45) is 5.60. The number of Topliss-reactive ketones (excluding diaryl/α,β-unsaturated/α-hetero) is 1. The summed E-state index contributed by atoms with van der Waals surface area (Å²) in [6.45, 7) is 2.92. The highest BCUT2D eigenvalue weighted by molar-refractivity contribution is 7.99. The Morgan fingerprint density at radius 1 is 1.16 bits per heavy atom. The molecule has 1 atom stereocenters. The summed E-state index contributed by atoms with van der Waals surface area (Å²) in [7, 11) is 0. The molecule has 0 spiro atoms. The van der Waals surface area contributed by atoms with Gasteiger partial charge in [0, 0.05) is 35.8 Å². The minimum atomic E-state index is -0.155. The van der Waals surface area contributed by atoms with E-state index in [0.29, 0.717) is 23.0 Å². The quantitative estimate of drug-likeness (QED) is 0.426. The highest BCUT2D eigenvalue weighted by Crippen LogP contribution is 2.26. The van der Waals surface area contributed by atoms with E-state index in [2.05, 4.69) is 20.5 Å². The van der Waals surface area contributed by atoms with E-state index >= 15 is 0 Å². The zero-order chi connectivity index (χ0) is 21.6. The first-order valence-corrected chi connectivity index (χ1v) is 11.1. The number of ketones is 1. The van der Waals surface area contributed by atoms with Crippen LogP contribution in [0.3, 0.4) is 0 Å². The first kappa shape index (κ1) is 21.2. The number of rotatable bonds is 8. The van der Waals surface area contributed by atoms with Crippen molar-refractivity contribution in [1.29, 1.82) is 0 Å². The highest BCUT2D eigenvalue weighted by atomic mass is 32.2. The monoisotopic (exact) mass is 437 g/mol. The Kier molecular flexibility index (Phi) is 6.73. The van der Waals surface area contributed by atoms with Gasteiger partial charge in [0.1, 0.15) is 0 Å². The molecule has 1 aromatic carbocycles. The number of carbonyl (C=O) groups is 2. The van der Waals surface area contributed by atoms with Gasteiger partial charge in [-0.15, -0.1) is 10.2 Å². The maximum absolute atomic E-state index is 12.4. The van der Waals surface area contributed by atoms with Gasteiger partial charge in [0.2, 0.25) is 5.91 Å². The number of carbonyl (C=O) groups excluding carboxylic acids is 2. The van der Waals surface area contributed by atoms with Crippen molar-refractivity contribution in [3.63, 3.8) is 0 Å². The fourth-order valence-electron chi connectivity index (χ4n) is 3.38. The van der Waals surface area contributed by atoms with E-state index in [9.17, 15) is 9.59 Å². The number of anilines is 1. The fraction of sp³-hybridized carbons (Fsp3) is 0.318. The second-order valence-corrected chi connectivity index (χ2v) is 8.20. The molecule has 1 aliphatic heterocycles. The summed E-state index contributed by atoms with van der Waals surface area (Å²) in [6, 6.07) is 10.6. The van der Waals surface area contributed by atoms with E-state index in [1.165, 1.54) is 18.7 Å². The number of hydrogen-bond acceptors (Lipinski definition) is 7. The van der Waals surface area contributed by atoms with Crippen molar-refractivity contribution < 1.29 is 14.3 Å². The molecular formula is C22H23N5O3S. The van der Waals surface area contributed by atoms with Gasteiger partial charge in [-0.05, 0) is 56.2 Å². The van der Waals surface area contributed by atoms with Crippen LogP contribution < -0.4 is 5.32 Å². The molecule has 0 bridgehead atoms. The molecule has 9 heteroatoms. The van der Waals surface area contributed by atoms with Crippen molar-refractivity contribution in [3.05, 3.63) is 54.4 Å². The molecule has 4 rings (SSSR count). The summed E-state index contributed by atoms with van der Waals surface area (Å²) < 4.78 is 7.82. The molecular weight excluding hydrogens is 414 g/mol. The Hall–Kier alpha value is -3.04. The van der Waals surface area contributed by atoms with Gasteiger partial charge in [-0.2, -0.15) is 0 Å². The molecule has 3 heterocycles. The molecule has 0 radical (unpaired) electrons. The largest absolute Gasteiger partial charge is 0.376 e. The molecule has 0 saturated carbocycles. The number of ether oxygens (including phenoxy) is 1. The summed E-state index contributed by atoms with van der Waals surface area (Å²) in [5.74, 6) is 0.761. The van der Waals surface area contributed by atoms with Gasteiger partial charge >= 0.3 is 0 Å². The first-order chi connectivity index (χ1) is 15.1. The third kappa shape index (κ3) is 5.36. The molecule has 2 aromatic heterocycles. The SMILES string of the molecule is CC(=O)c1ccc(NC(=O)CSc2nnc(-c3ccncc3)n2C[C@@H]2CCCO2)cc1. The summed E-state index contributed by atoms with van der Waals surface area (Å²) >= 11 is 1.33. The zero-order valence-corrected chi connectivity index (χ0v) is 18.0. The van der Waals surface area contributed by atoms with Gasteiger partial charge < -0.3 is 10.1 Å². The van der Waals surface area contributed by atoms with E-state index in [1.807, 2.05) is 16.7 Å². The van der Waals surface area contributed by atoms with Crippen LogP contribution in [0.25, 0.3) is 11.4 Å². The molecule has 1 aliphatic rings. The number of hydrogen-bond donors (Lipinski definition) is 1. The van der Waals surface area contributed by atoms with Crippen LogP contribution in [0.2, 0.25) is 0 Å². The third-order valence-corrected chi connectivity index (χ3v) is 5.94. The number of aromatic nitrogens is 4. The van der Waals surface area contributed by atoms with E-state index in [1.54, 1.807) is 36.7 Å². The van der Waals surface area contributed by atoms with Crippen molar-refractivity contribution in [2.75, 3.05) is 17.7 Å². The third-order valence-electron chi connectivity index (χ3n) is 4.97. The van der Waals surface area contributed by atoms with Crippen molar-refractivity contribution in [3.8, 4) is 11.4 Å². The van der Waals surface area contributed by atoms with Crippen LogP contribution >= 0.6 is 11.8 Å². The highest BCUT2D eigenvalue weighted by Gasteiger charge is 2.22. The number of nitrogens with zero attached hydrogens (tertiary/aromatic N) is 4. The average Bonchev–Trinajstić information content (AvgIpc) is 3.44. The molecule has 1 amide bonds. The van der Waals surface area contributed by atoms with E-state index in [4.69, 9.17) is 4.74 Å². The average molecular weight is 438 g/mol. The maximum atomic E-state index is 12.4. The molecule has 1 saturated heterocycles. The topological polar surface area (TPSA) is 99.0 Å². The van der Waals surface area contributed by atoms with Crippen molar-refractivity contribution in [1.82, 2.24) is 19.7 Å². The number of benzene rings is 1. The van der Waals surface area contributed by atoms with Crippen molar-refractivity contribution in [2.24, 2.45) is 0 Å². The predicted molar refractivity (Wildman–Crippen MR) is 118 cm³/mol. The lowest BCUT2D eigenvalue weighted by Gasteiger charge is -2.14. The van der Waals surface area contributed by atoms with Crippen LogP contribution in [-0.4, -0.2) is 49.9 Å². The lowest BCUT2D eigenvalue weighted by Crippen LogP contribution is -2.18. The zero-order valence-electron chi connectivity index (χ0n) is 17.2. The van der Waals surface area contributed by atoms with Gasteiger partial charge in [0.05, 0.1) is 18.4 Å². The van der Waals surface area contributed by atoms with Crippen LogP contribution in [-0.2, 0) is 16.1 Å². The van der Waals surface area contributed by atoms with E-state index in [-0.39, 0.29) is 23.5 Å². The number of thioether (sulfide) groups is 1. The minimum Gasteiger partial charge on any atom is -0.376 e. The van der Waals surface area contributed by atoms with Gasteiger partial charge in [-0.1, -0.05) is 11.8 Å². The van der Waals surface area contributed by atoms with Crippen LogP contribution in [0.15, 0.2) is 53.9 Å². The first-order valence-electron chi connectivity index (χ1n) is 10.1. The molecule has 3 aromatic rings. The fourth-order valence-corrected chi connectivity index (χ4v) is 4.13. The Morgan fingerprint density at radius 3 is 2.61 bits per heavy atom. The molecule has 1 N–H and O–H groups in total. The van der Waals surface area contributed by atoms with Gasteiger partial charge in [-0.3, -0.25) is 19.1 Å². The Bertz CT molecular complexity index is 1050. The Balaban J connectivity index is 1.45. The Labute approximate surface area is 184 Å². The number of pyridine rings is 1. The smallest absolute Gasteiger partial charge is 0.234 e. The van der Waals surface area contributed by atoms with Gasteiger partial charge in [0.25, 0.3) is 0 Å². The molecule has 160 valence electrons. The van der Waals surface area contributed by atoms with Crippen LogP contribution in [0.1, 0.15) is 30.1 Å². The minimum absolute atomic E-state index is 0.0102. The molecule has 0 unspecified atom stereocenters. The standard InChI is InChI=1S/C22H23N5O3S/c1-15(28)16-4-6-18(7-5-16)24-20(29)14-31-22-26-25-21(17-8-10-23-11-9-17)27(22)13-19-3-2-12-30-19/h4-11,19H,2-3,12-14H2,1H3,(H,24,29)/t19-/m0/s1. The van der Waals surface area contributed by atoms with Crippen LogP contribution in [0, 0.1) is 0 Å². The van der Waals surface area contributed by atoms with Gasteiger partial charge in [0.15, 0.2) is 16.8 Å². The van der Waals surface area contributed by atoms with Gasteiger partial charge in [-0.25, -0.2) is 0 Å². The number of nitrogens with one attached hydrogen (secondary N) is 1. The van der Waals surface area contributed by atoms with Crippen LogP contribution in [0.5, 0.6) is 0 Å². The normalized spacial score (nSPS) is 15.7. The second-order valence-electron chi connectivity index (χ2n) is 7.26. The molecule has 1 fully saturated rings. The second kappa shape index (κ2) is 9.84. The van der Waals surface area contributed by atoms with Crippen LogP contribution in [0.4, 0.5) is 5.69 Å². The Morgan fingerprint density at radius 2 is 1.94 bits per heavy atom. The van der Waals surface area contributed by atoms with E-state index in [0.717, 1.165) is 30.8 Å². The predicted octanol–water partition coefficient (Wildman–Crippen LogP) is 3.45. The molecule has 8 nitrogen and oxygen atoms in total. The summed E-state index contributed by atoms with van der Waals surface area (Å²) in [4.78, 5) is 27.9. The lowest BCUT2D eigenvalue weighted by molar-refractivity contribution is -0.113. The summed E-state index contributed by atoms with van der Waals surface area (Å²) in [5.41, 5.74) is 2.18. The van der Waals surface area contributed by atoms with Crippen molar-refractivity contribution in [2.45, 2.75) is 37.6 Å². The molecule has 0 aliphatic carbocycles. The maximum Gasteiger partial charge on any atom is 0.234 e. The van der Waals surface area contributed by atoms with E-state index < -0.39 is 0 Å². The van der Waals surface area contributed by atoms with Crippen molar-refractivity contribution >= 4 is 29.1 Å². The summed E-state index contributed by atoms with van der Waals surface area (Å²) in [5, 5.41) is 12.2. The number of amides is 1.